The molecule has 0 saturated carbocycles. The third kappa shape index (κ3) is 7.09. The Morgan fingerprint density at radius 2 is 1.85 bits per heavy atom. The van der Waals surface area contributed by atoms with Gasteiger partial charge in [0, 0.05) is 29.0 Å². The minimum Gasteiger partial charge on any atom is -0.374 e. The second-order valence-corrected chi connectivity index (χ2v) is 11.3. The third-order valence-electron chi connectivity index (χ3n) is 7.74. The van der Waals surface area contributed by atoms with E-state index in [2.05, 4.69) is 77.2 Å². The van der Waals surface area contributed by atoms with E-state index in [1.807, 2.05) is 36.4 Å². The summed E-state index contributed by atoms with van der Waals surface area (Å²) < 4.78 is 5.86. The van der Waals surface area contributed by atoms with Gasteiger partial charge < -0.3 is 25.6 Å². The number of benzene rings is 2. The van der Waals surface area contributed by atoms with Crippen LogP contribution in [-0.4, -0.2) is 43.6 Å². The van der Waals surface area contributed by atoms with Crippen molar-refractivity contribution < 1.29 is 14.3 Å². The number of ether oxygens (including phenoxy) is 1. The highest BCUT2D eigenvalue weighted by Gasteiger charge is 2.32. The normalized spacial score (nSPS) is 19.3. The van der Waals surface area contributed by atoms with Crippen LogP contribution in [0.25, 0.3) is 0 Å². The molecule has 1 aliphatic carbocycles. The quantitative estimate of drug-likeness (QED) is 0.365. The molecule has 2 atom stereocenters. The Kier molecular flexibility index (Phi) is 9.28. The SMILES string of the molecule is C/C=C(/CC1(C)C=CC(NC(=O)[C@@H](COCc2ccccc2)NC(=O)C(C)(C)NC)=C1)N1CCc2ccccc21. The standard InChI is InChI=1S/C33H42N4O3/c1-6-27(37-19-17-25-14-10-11-15-29(25)37)21-33(4)18-16-26(20-33)35-30(38)28(36-31(39)32(2,3)34-5)23-40-22-24-12-8-7-9-13-24/h6-16,18,20,28,34H,17,19,21-23H2,1-5H3,(H,35,38)(H,36,39)/b27-6-/t28-,33?/m1/s1. The van der Waals surface area contributed by atoms with Crippen LogP contribution in [0.1, 0.15) is 45.2 Å². The lowest BCUT2D eigenvalue weighted by molar-refractivity contribution is -0.133. The van der Waals surface area contributed by atoms with Crippen LogP contribution >= 0.6 is 0 Å². The minimum absolute atomic E-state index is 0.0532. The van der Waals surface area contributed by atoms with Gasteiger partial charge >= 0.3 is 0 Å². The predicted molar refractivity (Wildman–Crippen MR) is 161 cm³/mol. The molecule has 0 bridgehead atoms. The monoisotopic (exact) mass is 542 g/mol. The summed E-state index contributed by atoms with van der Waals surface area (Å²) in [6.45, 7) is 9.17. The Labute approximate surface area is 238 Å². The van der Waals surface area contributed by atoms with Gasteiger partial charge in [0.1, 0.15) is 6.04 Å². The first-order chi connectivity index (χ1) is 19.1. The molecule has 2 aromatic rings. The Morgan fingerprint density at radius 1 is 1.12 bits per heavy atom. The van der Waals surface area contributed by atoms with Crippen molar-refractivity contribution in [1.82, 2.24) is 16.0 Å². The maximum Gasteiger partial charge on any atom is 0.249 e. The number of hydrogen-bond donors (Lipinski definition) is 3. The highest BCUT2D eigenvalue weighted by atomic mass is 16.5. The van der Waals surface area contributed by atoms with Gasteiger partial charge in [0.25, 0.3) is 0 Å². The fourth-order valence-corrected chi connectivity index (χ4v) is 5.03. The molecular formula is C33H42N4O3. The van der Waals surface area contributed by atoms with Crippen molar-refractivity contribution in [3.05, 3.63) is 101 Å². The molecule has 2 aromatic carbocycles. The van der Waals surface area contributed by atoms with Gasteiger partial charge in [-0.25, -0.2) is 0 Å². The summed E-state index contributed by atoms with van der Waals surface area (Å²) in [7, 11) is 1.72. The predicted octanol–water partition coefficient (Wildman–Crippen LogP) is 4.62. The van der Waals surface area contributed by atoms with E-state index in [4.69, 9.17) is 4.74 Å². The van der Waals surface area contributed by atoms with Crippen molar-refractivity contribution in [2.75, 3.05) is 25.1 Å². The molecule has 1 aliphatic heterocycles. The van der Waals surface area contributed by atoms with Crippen molar-refractivity contribution in [3.63, 3.8) is 0 Å². The number of hydrogen-bond acceptors (Lipinski definition) is 5. The number of nitrogens with zero attached hydrogens (tertiary/aromatic N) is 1. The average Bonchev–Trinajstić information content (AvgIpc) is 3.55. The molecule has 7 heteroatoms. The van der Waals surface area contributed by atoms with Crippen LogP contribution in [0.3, 0.4) is 0 Å². The lowest BCUT2D eigenvalue weighted by Gasteiger charge is -2.29. The fourth-order valence-electron chi connectivity index (χ4n) is 5.03. The fraction of sp³-hybridized carbons (Fsp3) is 0.394. The summed E-state index contributed by atoms with van der Waals surface area (Å²) in [5, 5.41) is 8.88. The summed E-state index contributed by atoms with van der Waals surface area (Å²) in [5.74, 6) is -0.587. The number of rotatable bonds is 12. The second kappa shape index (κ2) is 12.7. The molecule has 7 nitrogen and oxygen atoms in total. The largest absolute Gasteiger partial charge is 0.374 e. The maximum atomic E-state index is 13.4. The van der Waals surface area contributed by atoms with Gasteiger partial charge in [0.05, 0.1) is 18.8 Å². The summed E-state index contributed by atoms with van der Waals surface area (Å²) in [6, 6.07) is 17.5. The van der Waals surface area contributed by atoms with E-state index in [0.29, 0.717) is 6.61 Å². The zero-order valence-electron chi connectivity index (χ0n) is 24.3. The molecule has 0 fully saturated rings. The summed E-state index contributed by atoms with van der Waals surface area (Å²) >= 11 is 0. The number of anilines is 1. The van der Waals surface area contributed by atoms with E-state index in [1.165, 1.54) is 16.9 Å². The zero-order valence-corrected chi connectivity index (χ0v) is 24.3. The van der Waals surface area contributed by atoms with Gasteiger partial charge in [-0.3, -0.25) is 9.59 Å². The van der Waals surface area contributed by atoms with E-state index < -0.39 is 11.6 Å². The Bertz CT molecular complexity index is 1300. The highest BCUT2D eigenvalue weighted by Crippen LogP contribution is 2.39. The van der Waals surface area contributed by atoms with Crippen LogP contribution in [-0.2, 0) is 27.4 Å². The van der Waals surface area contributed by atoms with E-state index in [1.54, 1.807) is 20.9 Å². The molecule has 1 unspecified atom stereocenters. The van der Waals surface area contributed by atoms with Crippen LogP contribution in [0, 0.1) is 5.41 Å². The third-order valence-corrected chi connectivity index (χ3v) is 7.74. The van der Waals surface area contributed by atoms with Gasteiger partial charge in [-0.2, -0.15) is 0 Å². The van der Waals surface area contributed by atoms with Crippen molar-refractivity contribution in [3.8, 4) is 0 Å². The molecule has 0 saturated heterocycles. The second-order valence-electron chi connectivity index (χ2n) is 11.3. The smallest absolute Gasteiger partial charge is 0.249 e. The number of nitrogens with one attached hydrogen (secondary N) is 3. The minimum atomic E-state index is -0.850. The summed E-state index contributed by atoms with van der Waals surface area (Å²) in [5.41, 5.74) is 4.55. The first-order valence-electron chi connectivity index (χ1n) is 14.0. The molecule has 0 spiro atoms. The molecular weight excluding hydrogens is 500 g/mol. The Hall–Kier alpha value is -3.68. The highest BCUT2D eigenvalue weighted by molar-refractivity contribution is 5.92. The number of fused-ring (bicyclic) bond motifs is 1. The van der Waals surface area contributed by atoms with Gasteiger partial charge in [-0.1, -0.05) is 73.7 Å². The van der Waals surface area contributed by atoms with E-state index >= 15 is 0 Å². The molecule has 3 N–H and O–H groups in total. The summed E-state index contributed by atoms with van der Waals surface area (Å²) in [4.78, 5) is 28.7. The lowest BCUT2D eigenvalue weighted by Crippen LogP contribution is -2.58. The van der Waals surface area contributed by atoms with Crippen molar-refractivity contribution >= 4 is 17.5 Å². The van der Waals surface area contributed by atoms with Crippen LogP contribution in [0.15, 0.2) is 90.3 Å². The molecule has 212 valence electrons. The van der Waals surface area contributed by atoms with Crippen LogP contribution in [0.5, 0.6) is 0 Å². The van der Waals surface area contributed by atoms with E-state index in [-0.39, 0.29) is 23.8 Å². The lowest BCUT2D eigenvalue weighted by atomic mass is 9.86. The van der Waals surface area contributed by atoms with E-state index in [0.717, 1.165) is 30.6 Å². The Morgan fingerprint density at radius 3 is 2.58 bits per heavy atom. The number of carbonyl (C=O) groups excluding carboxylic acids is 2. The molecule has 1 heterocycles. The molecule has 0 aromatic heterocycles. The Balaban J connectivity index is 1.42. The van der Waals surface area contributed by atoms with Crippen LogP contribution in [0.4, 0.5) is 5.69 Å². The maximum absolute atomic E-state index is 13.4. The first kappa shape index (κ1) is 29.3. The number of likely N-dealkylation sites (N-methyl/N-ethyl adjacent to an activating group) is 1. The number of allylic oxidation sites excluding steroid dienone is 5. The molecule has 2 aliphatic rings. The topological polar surface area (TPSA) is 82.7 Å². The van der Waals surface area contributed by atoms with E-state index in [9.17, 15) is 9.59 Å². The van der Waals surface area contributed by atoms with Gasteiger partial charge in [0.15, 0.2) is 0 Å². The van der Waals surface area contributed by atoms with Crippen molar-refractivity contribution in [1.29, 1.82) is 0 Å². The van der Waals surface area contributed by atoms with Gasteiger partial charge in [0.2, 0.25) is 11.8 Å². The van der Waals surface area contributed by atoms with Crippen molar-refractivity contribution in [2.24, 2.45) is 5.41 Å². The van der Waals surface area contributed by atoms with Crippen LogP contribution < -0.4 is 20.9 Å². The zero-order chi connectivity index (χ0) is 28.8. The molecule has 2 amide bonds. The van der Waals surface area contributed by atoms with Crippen molar-refractivity contribution in [2.45, 2.75) is 58.7 Å². The number of para-hydroxylation sites is 1. The van der Waals surface area contributed by atoms with Gasteiger partial charge in [-0.15, -0.1) is 0 Å². The number of amides is 2. The summed E-state index contributed by atoms with van der Waals surface area (Å²) in [6.07, 6.45) is 10.2. The molecule has 40 heavy (non-hydrogen) atoms. The average molecular weight is 543 g/mol. The van der Waals surface area contributed by atoms with Crippen LogP contribution in [0.2, 0.25) is 0 Å². The number of carbonyl (C=O) groups is 2. The van der Waals surface area contributed by atoms with Gasteiger partial charge in [-0.05, 0) is 63.9 Å². The first-order valence-corrected chi connectivity index (χ1v) is 14.0. The molecule has 0 radical (unpaired) electrons. The molecule has 4 rings (SSSR count).